The van der Waals surface area contributed by atoms with E-state index in [1.54, 1.807) is 11.3 Å². The van der Waals surface area contributed by atoms with Crippen LogP contribution in [0.2, 0.25) is 0 Å². The van der Waals surface area contributed by atoms with Crippen LogP contribution in [0.5, 0.6) is 0 Å². The van der Waals surface area contributed by atoms with Gasteiger partial charge < -0.3 is 5.32 Å². The molecule has 110 valence electrons. The first-order valence-electron chi connectivity index (χ1n) is 6.98. The highest BCUT2D eigenvalue weighted by atomic mass is 32.1. The monoisotopic (exact) mass is 317 g/mol. The number of aromatic nitrogens is 2. The molecule has 0 aliphatic heterocycles. The van der Waals surface area contributed by atoms with Crippen LogP contribution in [0, 0.1) is 0 Å². The van der Waals surface area contributed by atoms with Gasteiger partial charge in [0.2, 0.25) is 0 Å². The lowest BCUT2D eigenvalue weighted by Crippen LogP contribution is -2.22. The summed E-state index contributed by atoms with van der Waals surface area (Å²) in [5.41, 5.74) is 2.39. The van der Waals surface area contributed by atoms with Crippen LogP contribution in [0.15, 0.2) is 29.6 Å². The van der Waals surface area contributed by atoms with Crippen molar-refractivity contribution >= 4 is 33.0 Å². The first kappa shape index (κ1) is 14.6. The number of nitrogens with zero attached hydrogens (tertiary/aromatic N) is 2. The standard InChI is InChI=1S/C16H19N3S2/c1-16(2,3)15-14(21-19-18-15)12(17-4)11-7-5-6-10-8-9-20-13(10)11/h5-9,12,17H,1-4H3. The Hall–Kier alpha value is -1.30. The van der Waals surface area contributed by atoms with Crippen LogP contribution in [-0.2, 0) is 5.41 Å². The van der Waals surface area contributed by atoms with Gasteiger partial charge in [-0.15, -0.1) is 16.4 Å². The average molecular weight is 317 g/mol. The summed E-state index contributed by atoms with van der Waals surface area (Å²) in [5, 5.41) is 11.3. The topological polar surface area (TPSA) is 37.8 Å². The van der Waals surface area contributed by atoms with Crippen molar-refractivity contribution in [3.8, 4) is 0 Å². The first-order valence-corrected chi connectivity index (χ1v) is 8.64. The van der Waals surface area contributed by atoms with E-state index in [1.165, 1.54) is 32.1 Å². The van der Waals surface area contributed by atoms with Gasteiger partial charge in [0.25, 0.3) is 0 Å². The molecule has 5 heteroatoms. The SMILES string of the molecule is CNC(c1snnc1C(C)(C)C)c1cccc2ccsc12. The Bertz CT molecular complexity index is 752. The molecular weight excluding hydrogens is 298 g/mol. The predicted molar refractivity (Wildman–Crippen MR) is 91.3 cm³/mol. The molecule has 0 spiro atoms. The smallest absolute Gasteiger partial charge is 0.0860 e. The maximum atomic E-state index is 4.38. The third kappa shape index (κ3) is 2.61. The molecule has 3 aromatic rings. The second-order valence-corrected chi connectivity index (χ2v) is 7.85. The molecule has 0 saturated heterocycles. The number of hydrogen-bond donors (Lipinski definition) is 1. The van der Waals surface area contributed by atoms with Gasteiger partial charge in [-0.2, -0.15) is 0 Å². The fraction of sp³-hybridized carbons (Fsp3) is 0.375. The van der Waals surface area contributed by atoms with E-state index in [4.69, 9.17) is 0 Å². The van der Waals surface area contributed by atoms with E-state index in [-0.39, 0.29) is 11.5 Å². The fourth-order valence-electron chi connectivity index (χ4n) is 2.58. The highest BCUT2D eigenvalue weighted by Gasteiger charge is 2.28. The summed E-state index contributed by atoms with van der Waals surface area (Å²) in [6.07, 6.45) is 0. The van der Waals surface area contributed by atoms with Crippen molar-refractivity contribution in [3.63, 3.8) is 0 Å². The van der Waals surface area contributed by atoms with Crippen molar-refractivity contribution in [2.45, 2.75) is 32.2 Å². The van der Waals surface area contributed by atoms with Gasteiger partial charge in [0.05, 0.1) is 16.6 Å². The minimum Gasteiger partial charge on any atom is -0.309 e. The van der Waals surface area contributed by atoms with Gasteiger partial charge in [-0.25, -0.2) is 0 Å². The van der Waals surface area contributed by atoms with Crippen molar-refractivity contribution in [2.75, 3.05) is 7.05 Å². The third-order valence-electron chi connectivity index (χ3n) is 3.60. The van der Waals surface area contributed by atoms with Gasteiger partial charge in [-0.3, -0.25) is 0 Å². The van der Waals surface area contributed by atoms with E-state index in [2.05, 4.69) is 65.3 Å². The molecule has 2 aromatic heterocycles. The Labute approximate surface area is 133 Å². The number of hydrogen-bond acceptors (Lipinski definition) is 5. The molecule has 3 nitrogen and oxygen atoms in total. The summed E-state index contributed by atoms with van der Waals surface area (Å²) < 4.78 is 5.54. The Balaban J connectivity index is 2.16. The van der Waals surface area contributed by atoms with Crippen molar-refractivity contribution in [1.29, 1.82) is 0 Å². The van der Waals surface area contributed by atoms with E-state index >= 15 is 0 Å². The molecule has 1 N–H and O–H groups in total. The van der Waals surface area contributed by atoms with Crippen LogP contribution in [-0.4, -0.2) is 16.6 Å². The lowest BCUT2D eigenvalue weighted by molar-refractivity contribution is 0.550. The average Bonchev–Trinajstić information content (AvgIpc) is 3.07. The molecule has 3 rings (SSSR count). The summed E-state index contributed by atoms with van der Waals surface area (Å²) in [5.74, 6) is 0. The van der Waals surface area contributed by atoms with E-state index in [0.717, 1.165) is 5.69 Å². The summed E-state index contributed by atoms with van der Waals surface area (Å²) in [4.78, 5) is 1.21. The Morgan fingerprint density at radius 1 is 1.19 bits per heavy atom. The third-order valence-corrected chi connectivity index (χ3v) is 5.36. The van der Waals surface area contributed by atoms with Crippen molar-refractivity contribution in [2.24, 2.45) is 0 Å². The molecule has 0 amide bonds. The lowest BCUT2D eigenvalue weighted by atomic mass is 9.88. The van der Waals surface area contributed by atoms with Gasteiger partial charge in [0.1, 0.15) is 0 Å². The highest BCUT2D eigenvalue weighted by molar-refractivity contribution is 7.17. The van der Waals surface area contributed by atoms with E-state index in [0.29, 0.717) is 0 Å². The molecule has 2 heterocycles. The quantitative estimate of drug-likeness (QED) is 0.780. The molecular formula is C16H19N3S2. The molecule has 0 bridgehead atoms. The zero-order valence-corrected chi connectivity index (χ0v) is 14.3. The Kier molecular flexibility index (Phi) is 3.82. The minimum absolute atomic E-state index is 0.000773. The molecule has 0 aliphatic rings. The van der Waals surface area contributed by atoms with Crippen molar-refractivity contribution in [3.05, 3.63) is 45.8 Å². The van der Waals surface area contributed by atoms with Crippen LogP contribution in [0.4, 0.5) is 0 Å². The normalized spacial score (nSPS) is 13.7. The van der Waals surface area contributed by atoms with Crippen LogP contribution < -0.4 is 5.32 Å². The van der Waals surface area contributed by atoms with Crippen LogP contribution in [0.3, 0.4) is 0 Å². The summed E-state index contributed by atoms with van der Waals surface area (Å²) >= 11 is 3.29. The number of thiophene rings is 1. The number of nitrogens with one attached hydrogen (secondary N) is 1. The molecule has 1 aromatic carbocycles. The van der Waals surface area contributed by atoms with Crippen molar-refractivity contribution in [1.82, 2.24) is 14.9 Å². The number of benzene rings is 1. The van der Waals surface area contributed by atoms with E-state index in [1.807, 2.05) is 7.05 Å². The fourth-order valence-corrected chi connectivity index (χ4v) is 4.52. The molecule has 0 aliphatic carbocycles. The Morgan fingerprint density at radius 3 is 2.71 bits per heavy atom. The minimum atomic E-state index is 0.000773. The van der Waals surface area contributed by atoms with Crippen LogP contribution in [0.25, 0.3) is 10.1 Å². The second kappa shape index (κ2) is 5.48. The van der Waals surface area contributed by atoms with Gasteiger partial charge >= 0.3 is 0 Å². The Morgan fingerprint density at radius 2 is 2.00 bits per heavy atom. The lowest BCUT2D eigenvalue weighted by Gasteiger charge is -2.22. The predicted octanol–water partition coefficient (Wildman–Crippen LogP) is 4.36. The zero-order chi connectivity index (χ0) is 15.0. The zero-order valence-electron chi connectivity index (χ0n) is 12.7. The van der Waals surface area contributed by atoms with E-state index in [9.17, 15) is 0 Å². The molecule has 1 unspecified atom stereocenters. The van der Waals surface area contributed by atoms with Crippen LogP contribution >= 0.6 is 22.9 Å². The maximum Gasteiger partial charge on any atom is 0.0860 e. The molecule has 0 saturated carbocycles. The molecule has 0 radical (unpaired) electrons. The second-order valence-electron chi connectivity index (χ2n) is 6.14. The number of rotatable bonds is 3. The van der Waals surface area contributed by atoms with E-state index < -0.39 is 0 Å². The van der Waals surface area contributed by atoms with Gasteiger partial charge in [0, 0.05) is 10.1 Å². The van der Waals surface area contributed by atoms with Gasteiger partial charge in [0.15, 0.2) is 0 Å². The molecule has 21 heavy (non-hydrogen) atoms. The maximum absolute atomic E-state index is 4.38. The summed E-state index contributed by atoms with van der Waals surface area (Å²) in [6.45, 7) is 6.56. The highest BCUT2D eigenvalue weighted by Crippen LogP contribution is 2.37. The number of fused-ring (bicyclic) bond motifs is 1. The largest absolute Gasteiger partial charge is 0.309 e. The molecule has 1 atom stereocenters. The molecule has 0 fully saturated rings. The first-order chi connectivity index (χ1) is 10.0. The van der Waals surface area contributed by atoms with Gasteiger partial charge in [-0.1, -0.05) is 43.5 Å². The summed E-state index contributed by atoms with van der Waals surface area (Å²) in [7, 11) is 2.00. The van der Waals surface area contributed by atoms with Crippen LogP contribution in [0.1, 0.15) is 42.9 Å². The summed E-state index contributed by atoms with van der Waals surface area (Å²) in [6, 6.07) is 8.80. The van der Waals surface area contributed by atoms with Crippen molar-refractivity contribution < 1.29 is 0 Å². The van der Waals surface area contributed by atoms with Gasteiger partial charge in [-0.05, 0) is 41.0 Å².